The number of likely N-dealkylation sites (tertiary alicyclic amines) is 1. The first kappa shape index (κ1) is 28.9. The predicted octanol–water partition coefficient (Wildman–Crippen LogP) is 4.37. The maximum atomic E-state index is 12.2. The van der Waals surface area contributed by atoms with E-state index in [-0.39, 0.29) is 36.7 Å². The van der Waals surface area contributed by atoms with E-state index in [1.54, 1.807) is 19.2 Å². The number of nitrogens with one attached hydrogen (secondary N) is 1. The molecule has 0 radical (unpaired) electrons. The molecule has 1 aromatic carbocycles. The SMILES string of the molecule is CCNC(=NCc1ccc(COCC(F)(F)F)cc1)N1CCC(OCCCOC)CC1.I. The van der Waals surface area contributed by atoms with Crippen LogP contribution in [0.2, 0.25) is 0 Å². The van der Waals surface area contributed by atoms with Crippen molar-refractivity contribution in [2.24, 2.45) is 4.99 Å². The number of aliphatic imine (C=N–C) groups is 1. The van der Waals surface area contributed by atoms with E-state index in [1.807, 2.05) is 19.1 Å². The monoisotopic (exact) mass is 573 g/mol. The fourth-order valence-electron chi connectivity index (χ4n) is 3.31. The van der Waals surface area contributed by atoms with Gasteiger partial charge in [-0.15, -0.1) is 24.0 Å². The molecular formula is C22H35F3IN3O3. The normalized spacial score (nSPS) is 15.5. The highest BCUT2D eigenvalue weighted by Crippen LogP contribution is 2.17. The lowest BCUT2D eigenvalue weighted by molar-refractivity contribution is -0.176. The number of rotatable bonds is 11. The lowest BCUT2D eigenvalue weighted by Crippen LogP contribution is -2.47. The molecule has 0 unspecified atom stereocenters. The topological polar surface area (TPSA) is 55.3 Å². The van der Waals surface area contributed by atoms with Crippen LogP contribution in [0.15, 0.2) is 29.3 Å². The Bertz CT molecular complexity index is 652. The third-order valence-electron chi connectivity index (χ3n) is 4.89. The van der Waals surface area contributed by atoms with Crippen molar-refractivity contribution < 1.29 is 27.4 Å². The van der Waals surface area contributed by atoms with Gasteiger partial charge in [-0.3, -0.25) is 0 Å². The Hall–Kier alpha value is -1.11. The van der Waals surface area contributed by atoms with Crippen molar-refractivity contribution in [2.75, 3.05) is 46.6 Å². The third kappa shape index (κ3) is 11.7. The average Bonchev–Trinajstić information content (AvgIpc) is 2.75. The Morgan fingerprint density at radius 3 is 2.38 bits per heavy atom. The van der Waals surface area contributed by atoms with Gasteiger partial charge >= 0.3 is 6.18 Å². The molecule has 1 aliphatic heterocycles. The number of hydrogen-bond acceptors (Lipinski definition) is 4. The second kappa shape index (κ2) is 15.7. The number of nitrogens with zero attached hydrogens (tertiary/aromatic N) is 2. The molecule has 0 spiro atoms. The van der Waals surface area contributed by atoms with Crippen LogP contribution in [0.5, 0.6) is 0 Å². The van der Waals surface area contributed by atoms with Crippen molar-refractivity contribution in [3.8, 4) is 0 Å². The molecule has 6 nitrogen and oxygen atoms in total. The van der Waals surface area contributed by atoms with Gasteiger partial charge in [-0.05, 0) is 37.3 Å². The van der Waals surface area contributed by atoms with Crippen molar-refractivity contribution in [3.63, 3.8) is 0 Å². The first-order valence-electron chi connectivity index (χ1n) is 10.8. The van der Waals surface area contributed by atoms with E-state index in [0.717, 1.165) is 63.6 Å². The van der Waals surface area contributed by atoms with Gasteiger partial charge in [-0.2, -0.15) is 13.2 Å². The molecule has 0 aliphatic carbocycles. The number of piperidine rings is 1. The van der Waals surface area contributed by atoms with Crippen molar-refractivity contribution in [2.45, 2.75) is 51.6 Å². The minimum atomic E-state index is -4.30. The first-order valence-corrected chi connectivity index (χ1v) is 10.8. The summed E-state index contributed by atoms with van der Waals surface area (Å²) in [5.74, 6) is 0.873. The largest absolute Gasteiger partial charge is 0.411 e. The van der Waals surface area contributed by atoms with Gasteiger partial charge in [0, 0.05) is 40.0 Å². The van der Waals surface area contributed by atoms with Gasteiger partial charge in [0.05, 0.1) is 19.3 Å². The minimum Gasteiger partial charge on any atom is -0.385 e. The average molecular weight is 573 g/mol. The molecule has 1 fully saturated rings. The van der Waals surface area contributed by atoms with Crippen LogP contribution >= 0.6 is 24.0 Å². The molecule has 32 heavy (non-hydrogen) atoms. The number of halogens is 4. The summed E-state index contributed by atoms with van der Waals surface area (Å²) in [6.07, 6.45) is -1.19. The van der Waals surface area contributed by atoms with Crippen LogP contribution in [0.25, 0.3) is 0 Å². The maximum Gasteiger partial charge on any atom is 0.411 e. The molecule has 0 atom stereocenters. The van der Waals surface area contributed by atoms with E-state index in [1.165, 1.54) is 0 Å². The van der Waals surface area contributed by atoms with Gasteiger partial charge in [0.15, 0.2) is 5.96 Å². The summed E-state index contributed by atoms with van der Waals surface area (Å²) in [7, 11) is 1.70. The standard InChI is InChI=1S/C22H34F3N3O3.HI/c1-3-26-21(28-11-9-20(10-12-28)31-14-4-13-29-2)27-15-18-5-7-19(8-6-18)16-30-17-22(23,24)25;/h5-8,20H,3-4,9-17H2,1-2H3,(H,26,27);1H. The summed E-state index contributed by atoms with van der Waals surface area (Å²) in [4.78, 5) is 6.99. The van der Waals surface area contributed by atoms with Crippen LogP contribution in [-0.4, -0.2) is 69.7 Å². The zero-order chi connectivity index (χ0) is 22.5. The highest BCUT2D eigenvalue weighted by Gasteiger charge is 2.27. The summed E-state index contributed by atoms with van der Waals surface area (Å²) in [6, 6.07) is 7.31. The van der Waals surface area contributed by atoms with Crippen molar-refractivity contribution >= 4 is 29.9 Å². The number of guanidine groups is 1. The number of methoxy groups -OCH3 is 1. The predicted molar refractivity (Wildman–Crippen MR) is 129 cm³/mol. The Kier molecular flexibility index (Phi) is 14.2. The smallest absolute Gasteiger partial charge is 0.385 e. The number of hydrogen-bond donors (Lipinski definition) is 1. The van der Waals surface area contributed by atoms with E-state index < -0.39 is 12.8 Å². The lowest BCUT2D eigenvalue weighted by atomic mass is 10.1. The molecule has 1 N–H and O–H groups in total. The Morgan fingerprint density at radius 1 is 1.12 bits per heavy atom. The second-order valence-corrected chi connectivity index (χ2v) is 7.50. The zero-order valence-electron chi connectivity index (χ0n) is 18.8. The van der Waals surface area contributed by atoms with Crippen LogP contribution in [0.3, 0.4) is 0 Å². The molecule has 1 aromatic rings. The quantitative estimate of drug-likeness (QED) is 0.185. The van der Waals surface area contributed by atoms with Gasteiger partial charge in [-0.25, -0.2) is 4.99 Å². The van der Waals surface area contributed by atoms with E-state index in [9.17, 15) is 13.2 Å². The minimum absolute atomic E-state index is 0. The Balaban J connectivity index is 0.00000512. The van der Waals surface area contributed by atoms with Crippen LogP contribution in [0, 0.1) is 0 Å². The Morgan fingerprint density at radius 2 is 1.78 bits per heavy atom. The highest BCUT2D eigenvalue weighted by atomic mass is 127. The molecule has 184 valence electrons. The van der Waals surface area contributed by atoms with Gasteiger partial charge < -0.3 is 24.4 Å². The molecule has 1 heterocycles. The van der Waals surface area contributed by atoms with Crippen LogP contribution in [0.1, 0.15) is 37.3 Å². The lowest BCUT2D eigenvalue weighted by Gasteiger charge is -2.34. The van der Waals surface area contributed by atoms with Gasteiger partial charge in [0.25, 0.3) is 0 Å². The van der Waals surface area contributed by atoms with E-state index in [2.05, 4.69) is 10.2 Å². The van der Waals surface area contributed by atoms with Crippen molar-refractivity contribution in [3.05, 3.63) is 35.4 Å². The van der Waals surface area contributed by atoms with Crippen LogP contribution in [-0.2, 0) is 27.4 Å². The van der Waals surface area contributed by atoms with Crippen LogP contribution in [0.4, 0.5) is 13.2 Å². The van der Waals surface area contributed by atoms with E-state index in [0.29, 0.717) is 12.1 Å². The molecule has 1 aliphatic rings. The second-order valence-electron chi connectivity index (χ2n) is 7.50. The molecular weight excluding hydrogens is 538 g/mol. The van der Waals surface area contributed by atoms with E-state index in [4.69, 9.17) is 19.2 Å². The first-order chi connectivity index (χ1) is 14.9. The summed E-state index contributed by atoms with van der Waals surface area (Å²) in [5, 5.41) is 3.34. The summed E-state index contributed by atoms with van der Waals surface area (Å²) in [6.45, 7) is 5.24. The molecule has 0 aromatic heterocycles. The van der Waals surface area contributed by atoms with Crippen molar-refractivity contribution in [1.82, 2.24) is 10.2 Å². The van der Waals surface area contributed by atoms with Gasteiger partial charge in [0.1, 0.15) is 6.61 Å². The van der Waals surface area contributed by atoms with Gasteiger partial charge in [-0.1, -0.05) is 24.3 Å². The highest BCUT2D eigenvalue weighted by molar-refractivity contribution is 14.0. The summed E-state index contributed by atoms with van der Waals surface area (Å²) in [5.41, 5.74) is 1.70. The summed E-state index contributed by atoms with van der Waals surface area (Å²) < 4.78 is 52.1. The summed E-state index contributed by atoms with van der Waals surface area (Å²) >= 11 is 0. The van der Waals surface area contributed by atoms with Crippen molar-refractivity contribution in [1.29, 1.82) is 0 Å². The van der Waals surface area contributed by atoms with E-state index >= 15 is 0 Å². The number of benzene rings is 1. The molecule has 0 saturated carbocycles. The molecule has 2 rings (SSSR count). The molecule has 0 bridgehead atoms. The molecule has 10 heteroatoms. The Labute approximate surface area is 205 Å². The number of ether oxygens (including phenoxy) is 3. The third-order valence-corrected chi connectivity index (χ3v) is 4.89. The van der Waals surface area contributed by atoms with Crippen LogP contribution < -0.4 is 5.32 Å². The zero-order valence-corrected chi connectivity index (χ0v) is 21.2. The number of alkyl halides is 3. The maximum absolute atomic E-state index is 12.2. The van der Waals surface area contributed by atoms with Gasteiger partial charge in [0.2, 0.25) is 0 Å². The fraction of sp³-hybridized carbons (Fsp3) is 0.682. The fourth-order valence-corrected chi connectivity index (χ4v) is 3.31. The molecule has 0 amide bonds. The molecule has 1 saturated heterocycles.